The van der Waals surface area contributed by atoms with Gasteiger partial charge in [-0.05, 0) is 81.1 Å². The van der Waals surface area contributed by atoms with Crippen molar-refractivity contribution in [3.63, 3.8) is 0 Å². The quantitative estimate of drug-likeness (QED) is 0.549. The second-order valence-corrected chi connectivity index (χ2v) is 12.5. The van der Waals surface area contributed by atoms with E-state index in [1.807, 2.05) is 4.90 Å². The van der Waals surface area contributed by atoms with Crippen molar-refractivity contribution in [1.82, 2.24) is 24.7 Å². The Hall–Kier alpha value is -3.40. The number of nitrogens with two attached hydrogens (primary N) is 1. The van der Waals surface area contributed by atoms with Crippen molar-refractivity contribution in [3.05, 3.63) is 41.7 Å². The molecule has 4 aliphatic rings. The molecule has 1 aromatic heterocycles. The molecular formula is C31H44N8O2. The predicted molar refractivity (Wildman–Crippen MR) is 161 cm³/mol. The maximum atomic E-state index is 12.8. The standard InChI is InChI=1S/C31H44N8O2/c1-36(2)31(41)39-18-14-23-13-17-38(20-26(23)39)27-19-33-28(29(32)40)30(35-27)34-24-9-7-21(8-10-24)22-11-15-37(16-12-22)25-5-3-4-6-25/h7-10,19,22-23,25-26H,3-6,11-18,20H2,1-2H3,(H2,32,40)(H,34,35). The lowest BCUT2D eigenvalue weighted by Gasteiger charge is -2.39. The van der Waals surface area contributed by atoms with E-state index in [1.54, 1.807) is 25.2 Å². The minimum absolute atomic E-state index is 0.0553. The van der Waals surface area contributed by atoms with Gasteiger partial charge in [0.05, 0.1) is 12.2 Å². The Labute approximate surface area is 243 Å². The number of anilines is 3. The molecule has 2 unspecified atom stereocenters. The molecule has 6 rings (SSSR count). The van der Waals surface area contributed by atoms with Gasteiger partial charge in [0.15, 0.2) is 11.5 Å². The smallest absolute Gasteiger partial charge is 0.319 e. The first-order valence-electron chi connectivity index (χ1n) is 15.4. The summed E-state index contributed by atoms with van der Waals surface area (Å²) in [4.78, 5) is 42.7. The minimum Gasteiger partial charge on any atom is -0.364 e. The molecule has 3 amide bonds. The molecule has 0 spiro atoms. The summed E-state index contributed by atoms with van der Waals surface area (Å²) in [5, 5.41) is 3.32. The average Bonchev–Trinajstić information content (AvgIpc) is 3.67. The van der Waals surface area contributed by atoms with Crippen LogP contribution < -0.4 is 16.0 Å². The number of nitrogens with zero attached hydrogens (tertiary/aromatic N) is 6. The molecule has 1 aromatic carbocycles. The van der Waals surface area contributed by atoms with Crippen molar-refractivity contribution in [1.29, 1.82) is 0 Å². The number of piperidine rings is 2. The number of hydrogen-bond acceptors (Lipinski definition) is 7. The number of fused-ring (bicyclic) bond motifs is 1. The van der Waals surface area contributed by atoms with Gasteiger partial charge in [-0.25, -0.2) is 14.8 Å². The molecule has 1 saturated carbocycles. The monoisotopic (exact) mass is 560 g/mol. The fourth-order valence-electron chi connectivity index (χ4n) is 7.49. The molecule has 4 fully saturated rings. The number of hydrogen-bond donors (Lipinski definition) is 2. The lowest BCUT2D eigenvalue weighted by molar-refractivity contribution is 0.0996. The Morgan fingerprint density at radius 3 is 2.34 bits per heavy atom. The van der Waals surface area contributed by atoms with E-state index in [-0.39, 0.29) is 17.8 Å². The fraction of sp³-hybridized carbons (Fsp3) is 0.613. The molecular weight excluding hydrogens is 516 g/mol. The van der Waals surface area contributed by atoms with Crippen LogP contribution in [0.15, 0.2) is 30.5 Å². The van der Waals surface area contributed by atoms with E-state index in [4.69, 9.17) is 10.7 Å². The number of carbonyl (C=O) groups is 2. The van der Waals surface area contributed by atoms with Gasteiger partial charge in [-0.15, -0.1) is 0 Å². The van der Waals surface area contributed by atoms with Crippen molar-refractivity contribution in [2.45, 2.75) is 69.4 Å². The SMILES string of the molecule is CN(C)C(=O)N1CCC2CCN(c3cnc(C(N)=O)c(Nc4ccc(C5CCN(C6CCCC6)CC5)cc4)n3)CC21. The second kappa shape index (κ2) is 11.8. The van der Waals surface area contributed by atoms with Gasteiger partial charge in [-0.2, -0.15) is 0 Å². The molecule has 10 heteroatoms. The summed E-state index contributed by atoms with van der Waals surface area (Å²) in [7, 11) is 3.60. The summed E-state index contributed by atoms with van der Waals surface area (Å²) in [5.74, 6) is 1.52. The maximum absolute atomic E-state index is 12.8. The second-order valence-electron chi connectivity index (χ2n) is 12.5. The van der Waals surface area contributed by atoms with Crippen LogP contribution in [0.5, 0.6) is 0 Å². The van der Waals surface area contributed by atoms with Crippen LogP contribution >= 0.6 is 0 Å². The van der Waals surface area contributed by atoms with Gasteiger partial charge in [0, 0.05) is 45.5 Å². The highest BCUT2D eigenvalue weighted by atomic mass is 16.2. The Morgan fingerprint density at radius 2 is 1.66 bits per heavy atom. The molecule has 3 N–H and O–H groups in total. The van der Waals surface area contributed by atoms with Crippen molar-refractivity contribution < 1.29 is 9.59 Å². The van der Waals surface area contributed by atoms with E-state index in [0.717, 1.165) is 37.7 Å². The summed E-state index contributed by atoms with van der Waals surface area (Å²) >= 11 is 0. The van der Waals surface area contributed by atoms with Crippen LogP contribution in [0.25, 0.3) is 0 Å². The Bertz CT molecular complexity index is 1240. The number of amides is 3. The molecule has 0 radical (unpaired) electrons. The van der Waals surface area contributed by atoms with E-state index in [0.29, 0.717) is 30.0 Å². The number of rotatable bonds is 6. The van der Waals surface area contributed by atoms with Gasteiger partial charge in [-0.1, -0.05) is 25.0 Å². The van der Waals surface area contributed by atoms with Gasteiger partial charge in [-0.3, -0.25) is 4.79 Å². The molecule has 41 heavy (non-hydrogen) atoms. The Balaban J connectivity index is 1.13. The van der Waals surface area contributed by atoms with Crippen LogP contribution in [0, 0.1) is 5.92 Å². The molecule has 220 valence electrons. The van der Waals surface area contributed by atoms with Crippen molar-refractivity contribution in [2.24, 2.45) is 11.7 Å². The average molecular weight is 561 g/mol. The van der Waals surface area contributed by atoms with E-state index in [1.165, 1.54) is 57.2 Å². The van der Waals surface area contributed by atoms with Crippen LogP contribution in [0.4, 0.5) is 22.1 Å². The number of benzene rings is 1. The molecule has 2 atom stereocenters. The molecule has 10 nitrogen and oxygen atoms in total. The normalized spacial score (nSPS) is 24.0. The first-order chi connectivity index (χ1) is 19.9. The van der Waals surface area contributed by atoms with Crippen LogP contribution in [0.1, 0.15) is 73.3 Å². The maximum Gasteiger partial charge on any atom is 0.319 e. The van der Waals surface area contributed by atoms with E-state index >= 15 is 0 Å². The van der Waals surface area contributed by atoms with E-state index < -0.39 is 5.91 Å². The summed E-state index contributed by atoms with van der Waals surface area (Å²) in [6, 6.07) is 9.52. The van der Waals surface area contributed by atoms with Crippen LogP contribution in [-0.2, 0) is 0 Å². The number of carbonyl (C=O) groups excluding carboxylic acids is 2. The van der Waals surface area contributed by atoms with Gasteiger partial charge < -0.3 is 30.7 Å². The van der Waals surface area contributed by atoms with Gasteiger partial charge in [0.1, 0.15) is 5.82 Å². The molecule has 0 bridgehead atoms. The zero-order valence-corrected chi connectivity index (χ0v) is 24.5. The first-order valence-corrected chi connectivity index (χ1v) is 15.4. The molecule has 3 saturated heterocycles. The number of likely N-dealkylation sites (tertiary alicyclic amines) is 2. The van der Waals surface area contributed by atoms with E-state index in [9.17, 15) is 9.59 Å². The van der Waals surface area contributed by atoms with Gasteiger partial charge in [0.25, 0.3) is 5.91 Å². The number of urea groups is 1. The number of primary amides is 1. The number of aromatic nitrogens is 2. The fourth-order valence-corrected chi connectivity index (χ4v) is 7.49. The van der Waals surface area contributed by atoms with Gasteiger partial charge in [0.2, 0.25) is 0 Å². The van der Waals surface area contributed by atoms with Crippen molar-refractivity contribution >= 4 is 29.3 Å². The summed E-state index contributed by atoms with van der Waals surface area (Å²) in [6.45, 7) is 4.71. The Kier molecular flexibility index (Phi) is 8.01. The third-order valence-corrected chi connectivity index (χ3v) is 9.82. The number of nitrogens with one attached hydrogen (secondary N) is 1. The molecule has 3 aliphatic heterocycles. The minimum atomic E-state index is -0.616. The first kappa shape index (κ1) is 27.8. The lowest BCUT2D eigenvalue weighted by Crippen LogP contribution is -2.52. The van der Waals surface area contributed by atoms with Crippen molar-refractivity contribution in [3.8, 4) is 0 Å². The topological polar surface area (TPSA) is 111 Å². The third-order valence-electron chi connectivity index (χ3n) is 9.82. The summed E-state index contributed by atoms with van der Waals surface area (Å²) < 4.78 is 0. The molecule has 1 aliphatic carbocycles. The zero-order valence-electron chi connectivity index (χ0n) is 24.5. The van der Waals surface area contributed by atoms with E-state index in [2.05, 4.69) is 44.4 Å². The van der Waals surface area contributed by atoms with Crippen molar-refractivity contribution in [2.75, 3.05) is 57.0 Å². The van der Waals surface area contributed by atoms with Crippen LogP contribution in [0.3, 0.4) is 0 Å². The zero-order chi connectivity index (χ0) is 28.5. The highest BCUT2D eigenvalue weighted by Crippen LogP contribution is 2.35. The third kappa shape index (κ3) is 5.84. The molecule has 4 heterocycles. The highest BCUT2D eigenvalue weighted by Gasteiger charge is 2.41. The highest BCUT2D eigenvalue weighted by molar-refractivity contribution is 5.96. The lowest BCUT2D eigenvalue weighted by atomic mass is 9.88. The largest absolute Gasteiger partial charge is 0.364 e. The van der Waals surface area contributed by atoms with Crippen LogP contribution in [-0.4, -0.2) is 95.5 Å². The Morgan fingerprint density at radius 1 is 0.951 bits per heavy atom. The predicted octanol–water partition coefficient (Wildman–Crippen LogP) is 4.02. The molecule has 2 aromatic rings. The summed E-state index contributed by atoms with van der Waals surface area (Å²) in [5.41, 5.74) is 8.02. The van der Waals surface area contributed by atoms with Gasteiger partial charge >= 0.3 is 6.03 Å². The van der Waals surface area contributed by atoms with Crippen LogP contribution in [0.2, 0.25) is 0 Å². The summed E-state index contributed by atoms with van der Waals surface area (Å²) in [6.07, 6.45) is 11.6.